The molecule has 1 aliphatic heterocycles. The highest BCUT2D eigenvalue weighted by molar-refractivity contribution is 6.30. The molecule has 2 aromatic rings. The van der Waals surface area contributed by atoms with Crippen LogP contribution in [0.2, 0.25) is 5.02 Å². The summed E-state index contributed by atoms with van der Waals surface area (Å²) in [5.74, 6) is 0.431. The maximum Gasteiger partial charge on any atom is 0.223 e. The normalized spacial score (nSPS) is 16.0. The smallest absolute Gasteiger partial charge is 0.223 e. The Morgan fingerprint density at radius 2 is 2.04 bits per heavy atom. The van der Waals surface area contributed by atoms with E-state index in [1.54, 1.807) is 0 Å². The van der Waals surface area contributed by atoms with E-state index in [1.165, 1.54) is 5.56 Å². The first-order valence-corrected chi connectivity index (χ1v) is 10.1. The molecule has 2 aromatic carbocycles. The molecule has 1 atom stereocenters. The number of halogens is 1. The van der Waals surface area contributed by atoms with Crippen LogP contribution in [0.1, 0.15) is 43.4 Å². The molecule has 0 unspecified atom stereocenters. The molecule has 0 spiro atoms. The van der Waals surface area contributed by atoms with Crippen molar-refractivity contribution in [1.82, 2.24) is 4.90 Å². The average molecular weight is 399 g/mol. The SMILES string of the molecule is Cc1ccccc1C1=NO[C@H](CN(Cc2cccc(Cl)c2)C(=O)CC(C)C)C1. The molecule has 1 aliphatic rings. The molecule has 0 aromatic heterocycles. The summed E-state index contributed by atoms with van der Waals surface area (Å²) >= 11 is 6.12. The number of carbonyl (C=O) groups excluding carboxylic acids is 1. The van der Waals surface area contributed by atoms with Crippen LogP contribution in [0.25, 0.3) is 0 Å². The Bertz CT molecular complexity index is 863. The van der Waals surface area contributed by atoms with Crippen molar-refractivity contribution in [3.8, 4) is 0 Å². The zero-order valence-electron chi connectivity index (χ0n) is 16.7. The third-order valence-corrected chi connectivity index (χ3v) is 5.05. The first-order chi connectivity index (χ1) is 13.4. The molecule has 3 rings (SSSR count). The van der Waals surface area contributed by atoms with E-state index in [2.05, 4.69) is 38.1 Å². The maximum atomic E-state index is 12.8. The fourth-order valence-corrected chi connectivity index (χ4v) is 3.63. The fraction of sp³-hybridized carbons (Fsp3) is 0.391. The molecular weight excluding hydrogens is 372 g/mol. The summed E-state index contributed by atoms with van der Waals surface area (Å²) in [5.41, 5.74) is 4.25. The van der Waals surface area contributed by atoms with E-state index in [1.807, 2.05) is 41.3 Å². The molecule has 0 N–H and O–H groups in total. The number of oxime groups is 1. The van der Waals surface area contributed by atoms with E-state index >= 15 is 0 Å². The summed E-state index contributed by atoms with van der Waals surface area (Å²) < 4.78 is 0. The van der Waals surface area contributed by atoms with Gasteiger partial charge in [0, 0.05) is 30.0 Å². The van der Waals surface area contributed by atoms with Crippen LogP contribution in [0.3, 0.4) is 0 Å². The van der Waals surface area contributed by atoms with Crippen LogP contribution in [-0.4, -0.2) is 29.2 Å². The van der Waals surface area contributed by atoms with E-state index in [0.29, 0.717) is 36.9 Å². The number of hydrogen-bond acceptors (Lipinski definition) is 3. The van der Waals surface area contributed by atoms with Gasteiger partial charge < -0.3 is 9.74 Å². The molecule has 0 radical (unpaired) electrons. The Kier molecular flexibility index (Phi) is 6.74. The first-order valence-electron chi connectivity index (χ1n) is 9.73. The minimum atomic E-state index is -0.134. The Balaban J connectivity index is 1.69. The van der Waals surface area contributed by atoms with E-state index < -0.39 is 0 Å². The number of carbonyl (C=O) groups is 1. The van der Waals surface area contributed by atoms with Crippen LogP contribution in [0.15, 0.2) is 53.7 Å². The summed E-state index contributed by atoms with van der Waals surface area (Å²) in [6, 6.07) is 15.8. The molecule has 4 nitrogen and oxygen atoms in total. The third kappa shape index (κ3) is 5.35. The van der Waals surface area contributed by atoms with Gasteiger partial charge >= 0.3 is 0 Å². The Hall–Kier alpha value is -2.33. The molecule has 0 aliphatic carbocycles. The highest BCUT2D eigenvalue weighted by atomic mass is 35.5. The molecule has 0 fully saturated rings. The van der Waals surface area contributed by atoms with Gasteiger partial charge in [0.05, 0.1) is 12.3 Å². The monoisotopic (exact) mass is 398 g/mol. The molecule has 0 saturated carbocycles. The quantitative estimate of drug-likeness (QED) is 0.641. The summed E-state index contributed by atoms with van der Waals surface area (Å²) in [5, 5.41) is 4.98. The number of amides is 1. The van der Waals surface area contributed by atoms with Gasteiger partial charge in [-0.25, -0.2) is 0 Å². The second-order valence-electron chi connectivity index (χ2n) is 7.79. The van der Waals surface area contributed by atoms with Crippen LogP contribution in [0.4, 0.5) is 0 Å². The second-order valence-corrected chi connectivity index (χ2v) is 8.22. The molecule has 28 heavy (non-hydrogen) atoms. The van der Waals surface area contributed by atoms with Gasteiger partial charge in [-0.2, -0.15) is 0 Å². The van der Waals surface area contributed by atoms with Crippen LogP contribution in [0, 0.1) is 12.8 Å². The van der Waals surface area contributed by atoms with Crippen molar-refractivity contribution >= 4 is 23.2 Å². The third-order valence-electron chi connectivity index (χ3n) is 4.81. The van der Waals surface area contributed by atoms with Crippen LogP contribution >= 0.6 is 11.6 Å². The molecule has 1 heterocycles. The number of aryl methyl sites for hydroxylation is 1. The Labute approximate surface area is 172 Å². The molecular formula is C23H27ClN2O2. The predicted octanol–water partition coefficient (Wildman–Crippen LogP) is 5.22. The lowest BCUT2D eigenvalue weighted by Crippen LogP contribution is -2.37. The summed E-state index contributed by atoms with van der Waals surface area (Å²) in [4.78, 5) is 20.4. The van der Waals surface area contributed by atoms with Crippen molar-refractivity contribution in [3.63, 3.8) is 0 Å². The standard InChI is InChI=1S/C23H27ClN2O2/c1-16(2)11-23(27)26(14-18-8-6-9-19(24)12-18)15-20-13-22(25-28-20)21-10-5-4-7-17(21)3/h4-10,12,16,20H,11,13-15H2,1-3H3/t20-/m0/s1. The second kappa shape index (κ2) is 9.24. The summed E-state index contributed by atoms with van der Waals surface area (Å²) in [7, 11) is 0. The number of hydrogen-bond donors (Lipinski definition) is 0. The predicted molar refractivity (Wildman–Crippen MR) is 114 cm³/mol. The minimum absolute atomic E-state index is 0.128. The Morgan fingerprint density at radius 1 is 1.25 bits per heavy atom. The van der Waals surface area contributed by atoms with Gasteiger partial charge in [0.25, 0.3) is 0 Å². The molecule has 1 amide bonds. The van der Waals surface area contributed by atoms with E-state index in [-0.39, 0.29) is 12.0 Å². The van der Waals surface area contributed by atoms with Gasteiger partial charge in [0.1, 0.15) is 0 Å². The average Bonchev–Trinajstić information content (AvgIpc) is 3.09. The number of rotatable bonds is 7. The van der Waals surface area contributed by atoms with Crippen LogP contribution in [-0.2, 0) is 16.2 Å². The largest absolute Gasteiger partial charge is 0.390 e. The van der Waals surface area contributed by atoms with Crippen molar-refractivity contribution in [1.29, 1.82) is 0 Å². The van der Waals surface area contributed by atoms with Gasteiger partial charge in [-0.05, 0) is 36.1 Å². The zero-order valence-corrected chi connectivity index (χ0v) is 17.4. The lowest BCUT2D eigenvalue weighted by molar-refractivity contribution is -0.134. The van der Waals surface area contributed by atoms with Gasteiger partial charge in [-0.1, -0.05) is 67.0 Å². The van der Waals surface area contributed by atoms with Gasteiger partial charge in [0.2, 0.25) is 5.91 Å². The van der Waals surface area contributed by atoms with Crippen molar-refractivity contribution in [2.24, 2.45) is 11.1 Å². The van der Waals surface area contributed by atoms with E-state index in [4.69, 9.17) is 16.4 Å². The minimum Gasteiger partial charge on any atom is -0.390 e. The highest BCUT2D eigenvalue weighted by Gasteiger charge is 2.27. The van der Waals surface area contributed by atoms with Gasteiger partial charge in [0.15, 0.2) is 6.10 Å². The van der Waals surface area contributed by atoms with Crippen LogP contribution in [0.5, 0.6) is 0 Å². The van der Waals surface area contributed by atoms with Crippen molar-refractivity contribution < 1.29 is 9.63 Å². The van der Waals surface area contributed by atoms with E-state index in [9.17, 15) is 4.79 Å². The topological polar surface area (TPSA) is 41.9 Å². The maximum absolute atomic E-state index is 12.8. The lowest BCUT2D eigenvalue weighted by Gasteiger charge is -2.26. The first kappa shape index (κ1) is 20.4. The van der Waals surface area contributed by atoms with Crippen molar-refractivity contribution in [2.75, 3.05) is 6.54 Å². The number of nitrogens with zero attached hydrogens (tertiary/aromatic N) is 2. The molecule has 5 heteroatoms. The zero-order chi connectivity index (χ0) is 20.1. The summed E-state index contributed by atoms with van der Waals surface area (Å²) in [6.07, 6.45) is 1.08. The van der Waals surface area contributed by atoms with Gasteiger partial charge in [-0.3, -0.25) is 4.79 Å². The highest BCUT2D eigenvalue weighted by Crippen LogP contribution is 2.22. The number of benzene rings is 2. The van der Waals surface area contributed by atoms with Crippen molar-refractivity contribution in [2.45, 2.75) is 46.3 Å². The molecule has 0 bridgehead atoms. The summed E-state index contributed by atoms with van der Waals surface area (Å²) in [6.45, 7) is 7.22. The fourth-order valence-electron chi connectivity index (χ4n) is 3.42. The lowest BCUT2D eigenvalue weighted by atomic mass is 10.00. The van der Waals surface area contributed by atoms with E-state index in [0.717, 1.165) is 16.8 Å². The Morgan fingerprint density at radius 3 is 2.75 bits per heavy atom. The van der Waals surface area contributed by atoms with Gasteiger partial charge in [-0.15, -0.1) is 0 Å². The molecule has 148 valence electrons. The van der Waals surface area contributed by atoms with Crippen LogP contribution < -0.4 is 0 Å². The van der Waals surface area contributed by atoms with Crippen molar-refractivity contribution in [3.05, 3.63) is 70.2 Å². The molecule has 0 saturated heterocycles.